The van der Waals surface area contributed by atoms with E-state index in [1.54, 1.807) is 6.07 Å². The first-order chi connectivity index (χ1) is 7.63. The van der Waals surface area contributed by atoms with Crippen LogP contribution in [0.1, 0.15) is 24.5 Å². The summed E-state index contributed by atoms with van der Waals surface area (Å²) in [5, 5.41) is 8.74. The highest BCUT2D eigenvalue weighted by Gasteiger charge is 2.20. The molecular formula is C10H12N2O4. The fourth-order valence-electron chi connectivity index (χ4n) is 1.32. The summed E-state index contributed by atoms with van der Waals surface area (Å²) in [5.74, 6) is -1.91. The van der Waals surface area contributed by atoms with Crippen molar-refractivity contribution in [2.45, 2.75) is 18.8 Å². The van der Waals surface area contributed by atoms with Gasteiger partial charge in [0.2, 0.25) is 0 Å². The summed E-state index contributed by atoms with van der Waals surface area (Å²) in [6.07, 6.45) is 2.67. The fourth-order valence-corrected chi connectivity index (χ4v) is 1.32. The van der Waals surface area contributed by atoms with E-state index in [4.69, 9.17) is 5.11 Å². The summed E-state index contributed by atoms with van der Waals surface area (Å²) >= 11 is 0. The number of nitrogens with zero attached hydrogens (tertiary/aromatic N) is 2. The molecule has 6 nitrogen and oxygen atoms in total. The predicted molar refractivity (Wildman–Crippen MR) is 53.7 cm³/mol. The largest absolute Gasteiger partial charge is 0.481 e. The number of aromatic nitrogens is 2. The zero-order valence-corrected chi connectivity index (χ0v) is 8.79. The van der Waals surface area contributed by atoms with Gasteiger partial charge in [-0.3, -0.25) is 9.59 Å². The van der Waals surface area contributed by atoms with Crippen LogP contribution in [-0.4, -0.2) is 34.1 Å². The summed E-state index contributed by atoms with van der Waals surface area (Å²) in [6, 6.07) is 1.59. The molecule has 0 spiro atoms. The summed E-state index contributed by atoms with van der Waals surface area (Å²) in [5.41, 5.74) is 0.530. The van der Waals surface area contributed by atoms with E-state index < -0.39 is 17.9 Å². The van der Waals surface area contributed by atoms with E-state index in [0.29, 0.717) is 5.69 Å². The van der Waals surface area contributed by atoms with Gasteiger partial charge in [0.25, 0.3) is 0 Å². The molecule has 1 N–H and O–H groups in total. The van der Waals surface area contributed by atoms with E-state index in [0.717, 1.165) is 0 Å². The Labute approximate surface area is 92.3 Å². The molecule has 1 atom stereocenters. The van der Waals surface area contributed by atoms with Crippen molar-refractivity contribution in [3.05, 3.63) is 24.3 Å². The summed E-state index contributed by atoms with van der Waals surface area (Å²) < 4.78 is 4.51. The zero-order valence-electron chi connectivity index (χ0n) is 8.79. The maximum absolute atomic E-state index is 11.1. The van der Waals surface area contributed by atoms with Crippen LogP contribution in [0.3, 0.4) is 0 Å². The molecule has 1 aromatic heterocycles. The molecule has 0 bridgehead atoms. The molecule has 0 aromatic carbocycles. The minimum absolute atomic E-state index is 0.000185. The van der Waals surface area contributed by atoms with Crippen molar-refractivity contribution in [2.75, 3.05) is 7.11 Å². The van der Waals surface area contributed by atoms with Crippen molar-refractivity contribution >= 4 is 11.9 Å². The first kappa shape index (κ1) is 12.1. The summed E-state index contributed by atoms with van der Waals surface area (Å²) in [6.45, 7) is 0. The van der Waals surface area contributed by atoms with Crippen LogP contribution in [0.15, 0.2) is 18.6 Å². The van der Waals surface area contributed by atoms with E-state index >= 15 is 0 Å². The van der Waals surface area contributed by atoms with Gasteiger partial charge in [-0.15, -0.1) is 0 Å². The first-order valence-corrected chi connectivity index (χ1v) is 4.68. The van der Waals surface area contributed by atoms with Gasteiger partial charge in [0.1, 0.15) is 6.33 Å². The van der Waals surface area contributed by atoms with Crippen molar-refractivity contribution in [2.24, 2.45) is 0 Å². The Kier molecular flexibility index (Phi) is 4.38. The molecule has 1 heterocycles. The van der Waals surface area contributed by atoms with Crippen LogP contribution < -0.4 is 0 Å². The van der Waals surface area contributed by atoms with Gasteiger partial charge < -0.3 is 9.84 Å². The number of esters is 1. The van der Waals surface area contributed by atoms with Gasteiger partial charge in [0, 0.05) is 17.8 Å². The normalized spacial score (nSPS) is 11.8. The van der Waals surface area contributed by atoms with Gasteiger partial charge in [-0.1, -0.05) is 0 Å². The third-order valence-electron chi connectivity index (χ3n) is 2.08. The van der Waals surface area contributed by atoms with Gasteiger partial charge in [0.05, 0.1) is 20.0 Å². The summed E-state index contributed by atoms with van der Waals surface area (Å²) in [7, 11) is 1.26. The topological polar surface area (TPSA) is 89.4 Å². The molecule has 0 fully saturated rings. The highest BCUT2D eigenvalue weighted by molar-refractivity contribution is 5.73. The molecule has 1 rings (SSSR count). The molecule has 1 unspecified atom stereocenters. The van der Waals surface area contributed by atoms with E-state index in [2.05, 4.69) is 14.7 Å². The number of carbonyl (C=O) groups excluding carboxylic acids is 1. The van der Waals surface area contributed by atoms with Gasteiger partial charge in [-0.25, -0.2) is 9.97 Å². The lowest BCUT2D eigenvalue weighted by Gasteiger charge is -2.12. The highest BCUT2D eigenvalue weighted by Crippen LogP contribution is 2.21. The molecule has 6 heteroatoms. The Morgan fingerprint density at radius 3 is 2.75 bits per heavy atom. The Hall–Kier alpha value is -1.98. The third kappa shape index (κ3) is 3.64. The van der Waals surface area contributed by atoms with Gasteiger partial charge in [-0.05, 0) is 6.07 Å². The molecule has 0 aliphatic heterocycles. The number of carboxylic acids is 1. The quantitative estimate of drug-likeness (QED) is 0.736. The second-order valence-corrected chi connectivity index (χ2v) is 3.21. The van der Waals surface area contributed by atoms with Gasteiger partial charge >= 0.3 is 11.9 Å². The monoisotopic (exact) mass is 224 g/mol. The van der Waals surface area contributed by atoms with Crippen LogP contribution in [0.5, 0.6) is 0 Å². The van der Waals surface area contributed by atoms with Crippen LogP contribution in [-0.2, 0) is 14.3 Å². The van der Waals surface area contributed by atoms with Crippen LogP contribution in [0, 0.1) is 0 Å². The molecule has 16 heavy (non-hydrogen) atoms. The second-order valence-electron chi connectivity index (χ2n) is 3.21. The van der Waals surface area contributed by atoms with Gasteiger partial charge in [0.15, 0.2) is 0 Å². The Balaban J connectivity index is 2.79. The predicted octanol–water partition coefficient (Wildman–Crippen LogP) is 0.598. The number of hydrogen-bond donors (Lipinski definition) is 1. The zero-order chi connectivity index (χ0) is 12.0. The molecule has 0 saturated carbocycles. The lowest BCUT2D eigenvalue weighted by Crippen LogP contribution is -2.13. The number of rotatable bonds is 5. The third-order valence-corrected chi connectivity index (χ3v) is 2.08. The number of methoxy groups -OCH3 is 1. The molecule has 1 aromatic rings. The number of hydrogen-bond acceptors (Lipinski definition) is 5. The average molecular weight is 224 g/mol. The number of aliphatic carboxylic acids is 1. The standard InChI is InChI=1S/C10H12N2O4/c1-16-10(15)5-7(4-9(13)14)8-2-3-11-6-12-8/h2-3,6-7H,4-5H2,1H3,(H,13,14). The van der Waals surface area contributed by atoms with E-state index in [1.807, 2.05) is 0 Å². The molecule has 0 saturated heterocycles. The maximum atomic E-state index is 11.1. The van der Waals surface area contributed by atoms with Gasteiger partial charge in [-0.2, -0.15) is 0 Å². The van der Waals surface area contributed by atoms with E-state index in [1.165, 1.54) is 19.6 Å². The molecular weight excluding hydrogens is 212 g/mol. The van der Waals surface area contributed by atoms with Crippen molar-refractivity contribution in [1.82, 2.24) is 9.97 Å². The Morgan fingerprint density at radius 1 is 1.50 bits per heavy atom. The van der Waals surface area contributed by atoms with Crippen LogP contribution in [0.25, 0.3) is 0 Å². The maximum Gasteiger partial charge on any atom is 0.306 e. The van der Waals surface area contributed by atoms with Crippen molar-refractivity contribution in [3.63, 3.8) is 0 Å². The Bertz CT molecular complexity index is 366. The van der Waals surface area contributed by atoms with Crippen molar-refractivity contribution in [3.8, 4) is 0 Å². The molecule has 0 aliphatic carbocycles. The lowest BCUT2D eigenvalue weighted by molar-refractivity contribution is -0.141. The van der Waals surface area contributed by atoms with E-state index in [-0.39, 0.29) is 12.8 Å². The summed E-state index contributed by atoms with van der Waals surface area (Å²) in [4.78, 5) is 29.4. The Morgan fingerprint density at radius 2 is 2.25 bits per heavy atom. The number of ether oxygens (including phenoxy) is 1. The lowest BCUT2D eigenvalue weighted by atomic mass is 9.97. The first-order valence-electron chi connectivity index (χ1n) is 4.68. The van der Waals surface area contributed by atoms with Crippen LogP contribution in [0.4, 0.5) is 0 Å². The number of carboxylic acid groups (broad SMARTS) is 1. The van der Waals surface area contributed by atoms with Crippen molar-refractivity contribution in [1.29, 1.82) is 0 Å². The minimum atomic E-state index is -0.979. The average Bonchev–Trinajstić information content (AvgIpc) is 2.28. The number of carbonyl (C=O) groups is 2. The highest BCUT2D eigenvalue weighted by atomic mass is 16.5. The molecule has 86 valence electrons. The molecule has 0 radical (unpaired) electrons. The minimum Gasteiger partial charge on any atom is -0.481 e. The smallest absolute Gasteiger partial charge is 0.306 e. The fraction of sp³-hybridized carbons (Fsp3) is 0.400. The second kappa shape index (κ2) is 5.79. The van der Waals surface area contributed by atoms with Crippen molar-refractivity contribution < 1.29 is 19.4 Å². The van der Waals surface area contributed by atoms with Crippen LogP contribution >= 0.6 is 0 Å². The molecule has 0 aliphatic rings. The van der Waals surface area contributed by atoms with Crippen LogP contribution in [0.2, 0.25) is 0 Å². The van der Waals surface area contributed by atoms with E-state index in [9.17, 15) is 9.59 Å². The molecule has 0 amide bonds. The SMILES string of the molecule is COC(=O)CC(CC(=O)O)c1ccncn1.